The molecule has 0 aliphatic rings. The first-order valence-electron chi connectivity index (χ1n) is 9.09. The fourth-order valence-corrected chi connectivity index (χ4v) is 2.61. The Morgan fingerprint density at radius 3 is 1.80 bits per heavy atom. The lowest BCUT2D eigenvalue weighted by Gasteiger charge is -2.28. The van der Waals surface area contributed by atoms with Crippen LogP contribution in [0.5, 0.6) is 0 Å². The molecule has 0 aromatic carbocycles. The van der Waals surface area contributed by atoms with E-state index in [2.05, 4.69) is 27.9 Å². The Bertz CT molecular complexity index is 202. The van der Waals surface area contributed by atoms with Gasteiger partial charge in [0, 0.05) is 6.04 Å². The molecule has 0 fully saturated rings. The van der Waals surface area contributed by atoms with Gasteiger partial charge in [-0.25, -0.2) is 0 Å². The standard InChI is InChI=1S/C18H41N2/c1-5-7-8-9-10-12-15-18(19)16-13-11-14-17-20(3,4)6-2/h18H,5-17,19H2,1-4H3/q+1. The summed E-state index contributed by atoms with van der Waals surface area (Å²) in [4.78, 5) is 0. The summed E-state index contributed by atoms with van der Waals surface area (Å²) in [6, 6.07) is 0.454. The van der Waals surface area contributed by atoms with Crippen LogP contribution in [-0.4, -0.2) is 37.7 Å². The van der Waals surface area contributed by atoms with Gasteiger partial charge < -0.3 is 10.2 Å². The third-order valence-electron chi connectivity index (χ3n) is 4.62. The molecular formula is C18H41N2+. The zero-order valence-corrected chi connectivity index (χ0v) is 14.8. The van der Waals surface area contributed by atoms with Crippen LogP contribution in [0.25, 0.3) is 0 Å². The molecule has 0 radical (unpaired) electrons. The minimum absolute atomic E-state index is 0.454. The smallest absolute Gasteiger partial charge is 0.0782 e. The maximum Gasteiger partial charge on any atom is 0.0782 e. The van der Waals surface area contributed by atoms with E-state index >= 15 is 0 Å². The summed E-state index contributed by atoms with van der Waals surface area (Å²) < 4.78 is 1.16. The van der Waals surface area contributed by atoms with Crippen LogP contribution in [0.15, 0.2) is 0 Å². The summed E-state index contributed by atoms with van der Waals surface area (Å²) in [6.07, 6.45) is 14.8. The average Bonchev–Trinajstić information content (AvgIpc) is 2.42. The van der Waals surface area contributed by atoms with Crippen molar-refractivity contribution in [3.63, 3.8) is 0 Å². The van der Waals surface area contributed by atoms with Gasteiger partial charge in [-0.05, 0) is 32.6 Å². The molecule has 0 aliphatic heterocycles. The quantitative estimate of drug-likeness (QED) is 0.363. The Kier molecular flexibility index (Phi) is 12.6. The molecule has 0 aliphatic carbocycles. The molecule has 20 heavy (non-hydrogen) atoms. The van der Waals surface area contributed by atoms with Gasteiger partial charge in [0.05, 0.1) is 27.2 Å². The fraction of sp³-hybridized carbons (Fsp3) is 1.00. The molecule has 0 aromatic rings. The number of hydrogen-bond donors (Lipinski definition) is 1. The molecule has 0 aromatic heterocycles. The molecule has 2 nitrogen and oxygen atoms in total. The molecule has 122 valence electrons. The Labute approximate surface area is 128 Å². The van der Waals surface area contributed by atoms with Crippen LogP contribution in [0.3, 0.4) is 0 Å². The zero-order valence-electron chi connectivity index (χ0n) is 14.8. The fourth-order valence-electron chi connectivity index (χ4n) is 2.61. The lowest BCUT2D eigenvalue weighted by molar-refractivity contribution is -0.888. The first-order chi connectivity index (χ1) is 9.52. The molecule has 0 saturated carbocycles. The molecule has 0 bridgehead atoms. The highest BCUT2D eigenvalue weighted by atomic mass is 15.3. The Hall–Kier alpha value is -0.0800. The Balaban J connectivity index is 3.30. The lowest BCUT2D eigenvalue weighted by Crippen LogP contribution is -2.39. The first-order valence-corrected chi connectivity index (χ1v) is 9.09. The Morgan fingerprint density at radius 2 is 1.25 bits per heavy atom. The normalized spacial score (nSPS) is 13.7. The Morgan fingerprint density at radius 1 is 0.750 bits per heavy atom. The molecule has 0 saturated heterocycles. The van der Waals surface area contributed by atoms with Gasteiger partial charge in [-0.1, -0.05) is 51.9 Å². The van der Waals surface area contributed by atoms with Crippen molar-refractivity contribution in [1.29, 1.82) is 0 Å². The van der Waals surface area contributed by atoms with Gasteiger partial charge in [0.15, 0.2) is 0 Å². The number of hydrogen-bond acceptors (Lipinski definition) is 1. The number of unbranched alkanes of at least 4 members (excludes halogenated alkanes) is 7. The topological polar surface area (TPSA) is 26.0 Å². The van der Waals surface area contributed by atoms with Crippen LogP contribution in [-0.2, 0) is 0 Å². The van der Waals surface area contributed by atoms with Gasteiger partial charge in [-0.15, -0.1) is 0 Å². The summed E-state index contributed by atoms with van der Waals surface area (Å²) in [5, 5.41) is 0. The van der Waals surface area contributed by atoms with Crippen molar-refractivity contribution in [3.05, 3.63) is 0 Å². The van der Waals surface area contributed by atoms with E-state index in [4.69, 9.17) is 5.73 Å². The van der Waals surface area contributed by atoms with Crippen LogP contribution in [0.4, 0.5) is 0 Å². The molecule has 2 heteroatoms. The van der Waals surface area contributed by atoms with Crippen molar-refractivity contribution in [3.8, 4) is 0 Å². The van der Waals surface area contributed by atoms with Gasteiger partial charge in [0.2, 0.25) is 0 Å². The minimum atomic E-state index is 0.454. The van der Waals surface area contributed by atoms with E-state index < -0.39 is 0 Å². The van der Waals surface area contributed by atoms with Crippen molar-refractivity contribution < 1.29 is 4.48 Å². The summed E-state index contributed by atoms with van der Waals surface area (Å²) in [7, 11) is 4.65. The highest BCUT2D eigenvalue weighted by Gasteiger charge is 2.10. The van der Waals surface area contributed by atoms with E-state index in [9.17, 15) is 0 Å². The van der Waals surface area contributed by atoms with Crippen molar-refractivity contribution >= 4 is 0 Å². The van der Waals surface area contributed by atoms with Gasteiger partial charge in [-0.2, -0.15) is 0 Å². The average molecular weight is 286 g/mol. The molecule has 0 amide bonds. The highest BCUT2D eigenvalue weighted by Crippen LogP contribution is 2.12. The molecule has 2 N–H and O–H groups in total. The molecule has 1 atom stereocenters. The third kappa shape index (κ3) is 12.9. The van der Waals surface area contributed by atoms with E-state index in [0.717, 1.165) is 4.48 Å². The van der Waals surface area contributed by atoms with Crippen LogP contribution in [0, 0.1) is 0 Å². The van der Waals surface area contributed by atoms with Crippen molar-refractivity contribution in [2.45, 2.75) is 90.5 Å². The monoisotopic (exact) mass is 285 g/mol. The minimum Gasteiger partial charge on any atom is -0.329 e. The van der Waals surface area contributed by atoms with Crippen molar-refractivity contribution in [1.82, 2.24) is 0 Å². The second-order valence-corrected chi connectivity index (χ2v) is 7.14. The van der Waals surface area contributed by atoms with Gasteiger partial charge in [0.1, 0.15) is 0 Å². The van der Waals surface area contributed by atoms with E-state index in [1.807, 2.05) is 0 Å². The van der Waals surface area contributed by atoms with E-state index in [-0.39, 0.29) is 0 Å². The van der Waals surface area contributed by atoms with Crippen LogP contribution in [0.1, 0.15) is 84.5 Å². The van der Waals surface area contributed by atoms with Crippen LogP contribution < -0.4 is 5.73 Å². The van der Waals surface area contributed by atoms with Crippen LogP contribution >= 0.6 is 0 Å². The number of nitrogens with zero attached hydrogens (tertiary/aromatic N) is 1. The molecule has 1 unspecified atom stereocenters. The summed E-state index contributed by atoms with van der Waals surface area (Å²) in [5.41, 5.74) is 6.20. The second-order valence-electron chi connectivity index (χ2n) is 7.14. The molecule has 0 heterocycles. The lowest BCUT2D eigenvalue weighted by atomic mass is 10.0. The first kappa shape index (κ1) is 19.9. The largest absolute Gasteiger partial charge is 0.329 e. The molecule has 0 spiro atoms. The van der Waals surface area contributed by atoms with Crippen LogP contribution in [0.2, 0.25) is 0 Å². The van der Waals surface area contributed by atoms with Gasteiger partial charge in [-0.3, -0.25) is 0 Å². The van der Waals surface area contributed by atoms with E-state index in [1.165, 1.54) is 83.7 Å². The number of quaternary nitrogens is 1. The molecule has 0 rings (SSSR count). The molecular weight excluding hydrogens is 244 g/mol. The number of rotatable bonds is 14. The summed E-state index contributed by atoms with van der Waals surface area (Å²) in [6.45, 7) is 7.09. The summed E-state index contributed by atoms with van der Waals surface area (Å²) >= 11 is 0. The predicted octanol–water partition coefficient (Wildman–Crippen LogP) is 4.72. The number of nitrogens with two attached hydrogens (primary N) is 1. The van der Waals surface area contributed by atoms with Gasteiger partial charge >= 0.3 is 0 Å². The maximum absolute atomic E-state index is 6.20. The predicted molar refractivity (Wildman–Crippen MR) is 92.0 cm³/mol. The van der Waals surface area contributed by atoms with Crippen molar-refractivity contribution in [2.75, 3.05) is 27.2 Å². The van der Waals surface area contributed by atoms with E-state index in [0.29, 0.717) is 6.04 Å². The highest BCUT2D eigenvalue weighted by molar-refractivity contribution is 4.61. The summed E-state index contributed by atoms with van der Waals surface area (Å²) in [5.74, 6) is 0. The second kappa shape index (κ2) is 12.6. The SMILES string of the molecule is CCCCCCCCC(N)CCCCC[N+](C)(C)CC. The van der Waals surface area contributed by atoms with E-state index in [1.54, 1.807) is 0 Å². The zero-order chi connectivity index (χ0) is 15.3. The van der Waals surface area contributed by atoms with Gasteiger partial charge in [0.25, 0.3) is 0 Å². The van der Waals surface area contributed by atoms with Crippen molar-refractivity contribution in [2.24, 2.45) is 5.73 Å². The third-order valence-corrected chi connectivity index (χ3v) is 4.62. The maximum atomic E-state index is 6.20.